The molecule has 1 amide bonds. The molecule has 0 bridgehead atoms. The number of methoxy groups -OCH3 is 1. The van der Waals surface area contributed by atoms with Crippen molar-refractivity contribution in [2.75, 3.05) is 13.7 Å². The number of thioether (sulfide) groups is 1. The highest BCUT2D eigenvalue weighted by molar-refractivity contribution is 8.26. The van der Waals surface area contributed by atoms with Crippen LogP contribution in [0.25, 0.3) is 17.3 Å². The number of rotatable bonds is 8. The number of aromatic nitrogens is 2. The molecular formula is C23H19N3O5S3. The third kappa shape index (κ3) is 5.11. The van der Waals surface area contributed by atoms with Crippen molar-refractivity contribution < 1.29 is 24.2 Å². The van der Waals surface area contributed by atoms with Crippen molar-refractivity contribution >= 4 is 63.5 Å². The summed E-state index contributed by atoms with van der Waals surface area (Å²) in [5.74, 6) is -0.807. The fourth-order valence-corrected chi connectivity index (χ4v) is 5.26. The molecule has 1 aliphatic heterocycles. The quantitative estimate of drug-likeness (QED) is 0.350. The van der Waals surface area contributed by atoms with E-state index in [-0.39, 0.29) is 24.8 Å². The lowest BCUT2D eigenvalue weighted by atomic mass is 10.1. The monoisotopic (exact) mass is 513 g/mol. The fraction of sp³-hybridized carbons (Fsp3) is 0.174. The molecule has 0 atom stereocenters. The predicted octanol–water partition coefficient (Wildman–Crippen LogP) is 4.37. The van der Waals surface area contributed by atoms with Crippen LogP contribution in [0.15, 0.2) is 52.9 Å². The average molecular weight is 514 g/mol. The van der Waals surface area contributed by atoms with Gasteiger partial charge in [-0.05, 0) is 48.2 Å². The lowest BCUT2D eigenvalue weighted by Gasteiger charge is -2.13. The second kappa shape index (κ2) is 10.3. The van der Waals surface area contributed by atoms with Crippen LogP contribution in [0.2, 0.25) is 0 Å². The maximum atomic E-state index is 12.9. The van der Waals surface area contributed by atoms with Crippen molar-refractivity contribution in [1.29, 1.82) is 0 Å². The van der Waals surface area contributed by atoms with Crippen LogP contribution in [0, 0.1) is 0 Å². The second-order valence-electron chi connectivity index (χ2n) is 7.22. The summed E-state index contributed by atoms with van der Waals surface area (Å²) in [5.41, 5.74) is 1.87. The summed E-state index contributed by atoms with van der Waals surface area (Å²) in [4.78, 5) is 39.0. The SMILES string of the molecule is COc1ccc(-c2nn(C(=O)c3cccs3)cc2/C=C2/SC(=S)N(CCCC(=O)O)C2=O)cc1. The van der Waals surface area contributed by atoms with Crippen molar-refractivity contribution in [3.8, 4) is 17.0 Å². The van der Waals surface area contributed by atoms with Crippen molar-refractivity contribution in [2.45, 2.75) is 12.8 Å². The van der Waals surface area contributed by atoms with Crippen molar-refractivity contribution in [3.05, 3.63) is 63.3 Å². The van der Waals surface area contributed by atoms with E-state index in [1.165, 1.54) is 20.9 Å². The molecule has 0 radical (unpaired) electrons. The van der Waals surface area contributed by atoms with Gasteiger partial charge < -0.3 is 9.84 Å². The molecule has 4 rings (SSSR count). The number of ether oxygens (including phenoxy) is 1. The van der Waals surface area contributed by atoms with E-state index in [2.05, 4.69) is 5.10 Å². The van der Waals surface area contributed by atoms with Gasteiger partial charge in [-0.3, -0.25) is 19.3 Å². The van der Waals surface area contributed by atoms with Crippen molar-refractivity contribution in [1.82, 2.24) is 14.7 Å². The Morgan fingerprint density at radius 1 is 1.24 bits per heavy atom. The Balaban J connectivity index is 1.69. The molecule has 1 aliphatic rings. The molecule has 2 aromatic heterocycles. The van der Waals surface area contributed by atoms with Gasteiger partial charge in [0.1, 0.15) is 15.8 Å². The van der Waals surface area contributed by atoms with Crippen LogP contribution in [-0.2, 0) is 9.59 Å². The highest BCUT2D eigenvalue weighted by Crippen LogP contribution is 2.35. The van der Waals surface area contributed by atoms with E-state index >= 15 is 0 Å². The summed E-state index contributed by atoms with van der Waals surface area (Å²) < 4.78 is 6.86. The van der Waals surface area contributed by atoms with Gasteiger partial charge in [-0.2, -0.15) is 5.10 Å². The summed E-state index contributed by atoms with van der Waals surface area (Å²) in [6, 6.07) is 10.8. The molecule has 174 valence electrons. The number of thiophene rings is 1. The van der Waals surface area contributed by atoms with Gasteiger partial charge in [0.15, 0.2) is 0 Å². The van der Waals surface area contributed by atoms with Crippen LogP contribution in [0.4, 0.5) is 0 Å². The number of nitrogens with zero attached hydrogens (tertiary/aromatic N) is 3. The zero-order valence-corrected chi connectivity index (χ0v) is 20.4. The van der Waals surface area contributed by atoms with Gasteiger partial charge in [-0.1, -0.05) is 30.0 Å². The van der Waals surface area contributed by atoms with Crippen LogP contribution in [0.1, 0.15) is 28.1 Å². The summed E-state index contributed by atoms with van der Waals surface area (Å²) in [6.07, 6.45) is 3.52. The molecule has 1 N–H and O–H groups in total. The van der Waals surface area contributed by atoms with Crippen LogP contribution in [-0.4, -0.2) is 55.5 Å². The minimum atomic E-state index is -0.923. The number of carboxylic acid groups (broad SMARTS) is 1. The first-order valence-corrected chi connectivity index (χ1v) is 12.3. The van der Waals surface area contributed by atoms with Crippen LogP contribution in [0.3, 0.4) is 0 Å². The average Bonchev–Trinajstić information content (AvgIpc) is 3.56. The molecule has 1 saturated heterocycles. The van der Waals surface area contributed by atoms with Gasteiger partial charge in [0.2, 0.25) is 0 Å². The summed E-state index contributed by atoms with van der Waals surface area (Å²) >= 11 is 7.80. The molecule has 8 nitrogen and oxygen atoms in total. The Morgan fingerprint density at radius 3 is 2.65 bits per heavy atom. The highest BCUT2D eigenvalue weighted by Gasteiger charge is 2.32. The topological polar surface area (TPSA) is 102 Å². The lowest BCUT2D eigenvalue weighted by molar-refractivity contribution is -0.137. The third-order valence-corrected chi connectivity index (χ3v) is 7.21. The van der Waals surface area contributed by atoms with E-state index in [9.17, 15) is 14.4 Å². The Labute approximate surface area is 208 Å². The first-order valence-electron chi connectivity index (χ1n) is 10.2. The Morgan fingerprint density at radius 2 is 2.00 bits per heavy atom. The Kier molecular flexibility index (Phi) is 7.25. The molecule has 3 heterocycles. The molecule has 1 aromatic carbocycles. The van der Waals surface area contributed by atoms with E-state index in [4.69, 9.17) is 22.1 Å². The smallest absolute Gasteiger partial charge is 0.303 e. The zero-order chi connectivity index (χ0) is 24.2. The number of benzene rings is 1. The fourth-order valence-electron chi connectivity index (χ4n) is 3.31. The number of thiocarbonyl (C=S) groups is 1. The standard InChI is InChI=1S/C23H19N3O5S3/c1-31-16-8-6-14(7-9-16)20-15(13-26(24-20)22(30)17-4-3-11-33-17)12-18-21(29)25(23(32)34-18)10-2-5-19(27)28/h3-4,6-9,11-13H,2,5,10H2,1H3,(H,27,28)/b18-12+. The first-order chi connectivity index (χ1) is 16.4. The van der Waals surface area contributed by atoms with Gasteiger partial charge in [0.05, 0.1) is 16.9 Å². The third-order valence-electron chi connectivity index (χ3n) is 4.98. The number of carbonyl (C=O) groups excluding carboxylic acids is 2. The first kappa shape index (κ1) is 23.9. The molecule has 0 unspecified atom stereocenters. The Bertz CT molecular complexity index is 1280. The maximum absolute atomic E-state index is 12.9. The molecule has 11 heteroatoms. The van der Waals surface area contributed by atoms with Crippen LogP contribution < -0.4 is 4.74 Å². The van der Waals surface area contributed by atoms with E-state index in [0.717, 1.165) is 17.3 Å². The van der Waals surface area contributed by atoms with Gasteiger partial charge >= 0.3 is 5.97 Å². The molecule has 1 fully saturated rings. The number of aliphatic carboxylic acids is 1. The summed E-state index contributed by atoms with van der Waals surface area (Å²) in [6.45, 7) is 0.232. The van der Waals surface area contributed by atoms with Gasteiger partial charge in [-0.25, -0.2) is 4.68 Å². The zero-order valence-electron chi connectivity index (χ0n) is 18.0. The van der Waals surface area contributed by atoms with E-state index in [1.54, 1.807) is 43.6 Å². The molecule has 0 aliphatic carbocycles. The van der Waals surface area contributed by atoms with Crippen molar-refractivity contribution in [2.24, 2.45) is 0 Å². The maximum Gasteiger partial charge on any atom is 0.303 e. The van der Waals surface area contributed by atoms with Gasteiger partial charge in [-0.15, -0.1) is 11.3 Å². The number of hydrogen-bond acceptors (Lipinski definition) is 8. The molecule has 0 spiro atoms. The van der Waals surface area contributed by atoms with Gasteiger partial charge in [0.25, 0.3) is 11.8 Å². The normalized spacial score (nSPS) is 14.7. The number of amides is 1. The lowest BCUT2D eigenvalue weighted by Crippen LogP contribution is -2.29. The predicted molar refractivity (Wildman–Crippen MR) is 135 cm³/mol. The molecular weight excluding hydrogens is 494 g/mol. The minimum Gasteiger partial charge on any atom is -0.497 e. The van der Waals surface area contributed by atoms with Crippen LogP contribution in [0.5, 0.6) is 5.75 Å². The second-order valence-corrected chi connectivity index (χ2v) is 9.84. The summed E-state index contributed by atoms with van der Waals surface area (Å²) in [5, 5.41) is 15.2. The highest BCUT2D eigenvalue weighted by atomic mass is 32.2. The van der Waals surface area contributed by atoms with Gasteiger partial charge in [0, 0.05) is 30.3 Å². The number of hydrogen-bond donors (Lipinski definition) is 1. The molecule has 34 heavy (non-hydrogen) atoms. The van der Waals surface area contributed by atoms with E-state index < -0.39 is 5.97 Å². The minimum absolute atomic E-state index is 0.0463. The number of carboxylic acids is 1. The van der Waals surface area contributed by atoms with Crippen molar-refractivity contribution in [3.63, 3.8) is 0 Å². The van der Waals surface area contributed by atoms with Crippen LogP contribution >= 0.6 is 35.3 Å². The largest absolute Gasteiger partial charge is 0.497 e. The van der Waals surface area contributed by atoms with E-state index in [0.29, 0.717) is 37.5 Å². The summed E-state index contributed by atoms with van der Waals surface area (Å²) in [7, 11) is 1.58. The molecule has 0 saturated carbocycles. The molecule has 3 aromatic rings. The Hall–Kier alpha value is -3.28. The number of carbonyl (C=O) groups is 3. The van der Waals surface area contributed by atoms with E-state index in [1.807, 2.05) is 17.5 Å².